The van der Waals surface area contributed by atoms with E-state index in [1.54, 1.807) is 79.4 Å². The van der Waals surface area contributed by atoms with E-state index in [2.05, 4.69) is 121 Å². The summed E-state index contributed by atoms with van der Waals surface area (Å²) in [6.07, 6.45) is 12.3. The van der Waals surface area contributed by atoms with Crippen molar-refractivity contribution in [2.75, 3.05) is 5.75 Å². The number of benzene rings is 6. The first-order chi connectivity index (χ1) is 58.3. The number of aliphatic carboxylic acids is 4. The van der Waals surface area contributed by atoms with Crippen LogP contribution in [0.25, 0.3) is 43.6 Å². The van der Waals surface area contributed by atoms with Gasteiger partial charge in [-0.05, 0) is 178 Å². The number of aromatic nitrogens is 4. The second kappa shape index (κ2) is 40.1. The van der Waals surface area contributed by atoms with E-state index in [-0.39, 0.29) is 48.1 Å². The highest BCUT2D eigenvalue weighted by Gasteiger charge is 2.33. The van der Waals surface area contributed by atoms with E-state index in [1.807, 2.05) is 97.1 Å². The Morgan fingerprint density at radius 2 is 0.797 bits per heavy atom. The molecule has 0 saturated carbocycles. The summed E-state index contributed by atoms with van der Waals surface area (Å²) in [6.45, 7) is 2.16. The smallest absolute Gasteiger partial charge is 0.322 e. The molecule has 118 heavy (non-hydrogen) atoms. The minimum absolute atomic E-state index is 0.00868. The van der Waals surface area contributed by atoms with E-state index in [1.165, 1.54) is 42.5 Å². The van der Waals surface area contributed by atoms with Gasteiger partial charge in [0, 0.05) is 105 Å². The molecule has 6 aromatic carbocycles. The van der Waals surface area contributed by atoms with E-state index in [4.69, 9.17) is 14.6 Å². The maximum Gasteiger partial charge on any atom is 0.322 e. The zero-order chi connectivity index (χ0) is 90.3. The molecule has 0 fully saturated rings. The quantitative estimate of drug-likeness (QED) is 0.0152. The average Bonchev–Trinajstić information content (AvgIpc) is 1.71. The Kier molecular flexibility index (Phi) is 27.8. The molecule has 0 aliphatic carbocycles. The molecule has 34 heteroatoms. The van der Waals surface area contributed by atoms with E-state index in [9.17, 15) is 73.3 Å². The molecule has 0 saturated heterocycles. The molecule has 0 radical (unpaired) electrons. The van der Waals surface area contributed by atoms with Crippen molar-refractivity contribution >= 4 is 199 Å². The van der Waals surface area contributed by atoms with Crippen LogP contribution in [-0.4, -0.2) is 130 Å². The number of nitrogens with one attached hydrogen (secondary N) is 7. The molecule has 0 spiro atoms. The van der Waals surface area contributed by atoms with Gasteiger partial charge in [-0.25, -0.2) is 33.7 Å². The van der Waals surface area contributed by atoms with Crippen molar-refractivity contribution in [1.29, 1.82) is 0 Å². The zero-order valence-corrected chi connectivity index (χ0v) is 73.7. The molecule has 8 heterocycles. The summed E-state index contributed by atoms with van der Waals surface area (Å²) in [5.41, 5.74) is 10.8. The number of para-hydroxylation sites is 4. The van der Waals surface area contributed by atoms with Gasteiger partial charge in [-0.2, -0.15) is 14.2 Å². The summed E-state index contributed by atoms with van der Waals surface area (Å²) >= 11 is 9.31. The number of hydrogen-bond donors (Lipinski definition) is 11. The van der Waals surface area contributed by atoms with Crippen molar-refractivity contribution in [2.24, 2.45) is 5.92 Å². The number of aromatic amines is 4. The number of terminal acetylenes is 1. The summed E-state index contributed by atoms with van der Waals surface area (Å²) in [5, 5.41) is 41.6. The molecule has 8 aromatic heterocycles. The third-order valence-electron chi connectivity index (χ3n) is 17.2. The van der Waals surface area contributed by atoms with Gasteiger partial charge in [0.15, 0.2) is 9.84 Å². The van der Waals surface area contributed by atoms with Crippen LogP contribution in [0.3, 0.4) is 0 Å². The number of H-pyrrole nitrogens is 4. The number of carbonyl (C=O) groups is 4. The van der Waals surface area contributed by atoms with Crippen LogP contribution in [0, 0.1) is 58.8 Å². The lowest BCUT2D eigenvalue weighted by atomic mass is 10.0. The molecule has 23 nitrogen and oxygen atoms in total. The molecule has 0 unspecified atom stereocenters. The Morgan fingerprint density at radius 1 is 0.449 bits per heavy atom. The fourth-order valence-electron chi connectivity index (χ4n) is 11.4. The Labute approximate surface area is 729 Å². The van der Waals surface area contributed by atoms with Gasteiger partial charge in [-0.3, -0.25) is 19.2 Å². The van der Waals surface area contributed by atoms with Crippen molar-refractivity contribution in [3.8, 4) is 35.6 Å². The molecular weight excluding hydrogens is 1850 g/mol. The summed E-state index contributed by atoms with van der Waals surface area (Å²) in [6, 6.07) is 51.1. The van der Waals surface area contributed by atoms with Gasteiger partial charge in [0.1, 0.15) is 43.0 Å². The minimum atomic E-state index is -3.97. The SMILES string of the molecule is C#Cc1ccc(S(=O)(=O)N[C@H](Cc2c[nH]c3ccccc23)C(=O)O)s1.C[Si](C)(C)C#Cc1ccc(S(=O)(=O)N[C@H](Cc2c[nH]c3ccccc23)C(=O)O)s1.O=C(O)[C@@H](Cc1c[nH]c2ccccc12)NS(=O)(=O)c1ccc(Br)s1.[2H]C([2H])([2H])c1ccc(C#Cc2ccc(S(=O)(=O)C[C@H](Cc3c[nH]c4ccccc34)C(=O)O)s2)cc1.[2H]C([2H])([2H])c1ccc(I)cc1. The predicted molar refractivity (Wildman–Crippen MR) is 481 cm³/mol. The largest absolute Gasteiger partial charge is 0.481 e. The number of sulfone groups is 1. The molecule has 0 aliphatic heterocycles. The summed E-state index contributed by atoms with van der Waals surface area (Å²) < 4.78 is 153. The summed E-state index contributed by atoms with van der Waals surface area (Å²) in [7, 11) is -17.3. The Hall–Kier alpha value is -10.1. The Bertz CT molecular complexity index is 6890. The van der Waals surface area contributed by atoms with Gasteiger partial charge in [-0.1, -0.05) is 152 Å². The summed E-state index contributed by atoms with van der Waals surface area (Å²) in [4.78, 5) is 60.6. The maximum absolute atomic E-state index is 13.0. The van der Waals surface area contributed by atoms with Gasteiger partial charge in [0.2, 0.25) is 0 Å². The third kappa shape index (κ3) is 25.3. The van der Waals surface area contributed by atoms with Crippen molar-refractivity contribution in [3.05, 3.63) is 280 Å². The van der Waals surface area contributed by atoms with E-state index in [0.29, 0.717) is 29.5 Å². The van der Waals surface area contributed by atoms with Gasteiger partial charge >= 0.3 is 23.9 Å². The fraction of sp³-hybridized carbons (Fsp3) is 0.167. The molecule has 0 amide bonds. The Morgan fingerprint density at radius 3 is 1.16 bits per heavy atom. The normalized spacial score (nSPS) is 13.5. The van der Waals surface area contributed by atoms with Crippen LogP contribution in [0.1, 0.15) is 61.8 Å². The molecule has 0 aliphatic rings. The van der Waals surface area contributed by atoms with Crippen LogP contribution in [0.15, 0.2) is 240 Å². The number of carboxylic acid groups (broad SMARTS) is 4. The molecule has 11 N–H and O–H groups in total. The number of aryl methyl sites for hydroxylation is 2. The second-order valence-electron chi connectivity index (χ2n) is 27.0. The number of sulfonamides is 3. The first-order valence-corrected chi connectivity index (χ1v) is 49.9. The number of hydrogen-bond acceptors (Lipinski definition) is 16. The lowest BCUT2D eigenvalue weighted by Crippen LogP contribution is -2.42. The van der Waals surface area contributed by atoms with Crippen LogP contribution in [0.2, 0.25) is 19.6 Å². The van der Waals surface area contributed by atoms with Crippen LogP contribution in [0.5, 0.6) is 0 Å². The van der Waals surface area contributed by atoms with Crippen molar-refractivity contribution in [1.82, 2.24) is 34.1 Å². The lowest BCUT2D eigenvalue weighted by molar-refractivity contribution is -0.141. The molecule has 4 atom stereocenters. The average molecular weight is 1940 g/mol. The van der Waals surface area contributed by atoms with E-state index < -0.39 is 115 Å². The first kappa shape index (κ1) is 81.7. The second-order valence-corrected chi connectivity index (χ2v) is 46.8. The third-order valence-corrected chi connectivity index (χ3v) is 31.7. The highest BCUT2D eigenvalue weighted by atomic mass is 127. The van der Waals surface area contributed by atoms with Crippen molar-refractivity contribution in [2.45, 2.75) is 94.0 Å². The van der Waals surface area contributed by atoms with Crippen molar-refractivity contribution in [3.63, 3.8) is 0 Å². The number of fused-ring (bicyclic) bond motifs is 4. The van der Waals surface area contributed by atoms with Gasteiger partial charge < -0.3 is 40.4 Å². The van der Waals surface area contributed by atoms with Crippen LogP contribution in [0.4, 0.5) is 0 Å². The van der Waals surface area contributed by atoms with Crippen LogP contribution >= 0.6 is 83.9 Å². The van der Waals surface area contributed by atoms with Gasteiger partial charge in [-0.15, -0.1) is 57.3 Å². The minimum Gasteiger partial charge on any atom is -0.481 e. The highest BCUT2D eigenvalue weighted by molar-refractivity contribution is 14.1. The van der Waals surface area contributed by atoms with Crippen LogP contribution < -0.4 is 14.2 Å². The number of halogens is 2. The first-order valence-electron chi connectivity index (χ1n) is 38.2. The van der Waals surface area contributed by atoms with Crippen LogP contribution in [-0.2, 0) is 84.8 Å². The van der Waals surface area contributed by atoms with Gasteiger partial charge in [0.05, 0.1) is 30.1 Å². The highest BCUT2D eigenvalue weighted by Crippen LogP contribution is 2.31. The zero-order valence-electron chi connectivity index (χ0n) is 68.4. The monoisotopic (exact) mass is 1940 g/mol. The number of carboxylic acids is 4. The lowest BCUT2D eigenvalue weighted by Gasteiger charge is -2.13. The molecule has 14 aromatic rings. The molecule has 14 rings (SSSR count). The van der Waals surface area contributed by atoms with E-state index in [0.717, 1.165) is 115 Å². The number of rotatable bonds is 24. The maximum atomic E-state index is 13.0. The number of thiophene rings is 4. The van der Waals surface area contributed by atoms with Gasteiger partial charge in [0.25, 0.3) is 30.1 Å². The molecule has 610 valence electrons. The topological polar surface area (TPSA) is 385 Å². The molecule has 0 bridgehead atoms. The Balaban J connectivity index is 0.000000167. The van der Waals surface area contributed by atoms with E-state index >= 15 is 0 Å². The predicted octanol–water partition coefficient (Wildman–Crippen LogP) is 15.8. The summed E-state index contributed by atoms with van der Waals surface area (Å²) in [5.74, 6) is 4.67. The molecular formula is C84H77BrIN7O16S8Si. The van der Waals surface area contributed by atoms with Crippen molar-refractivity contribution < 1.29 is 81.5 Å². The fourth-order valence-corrected chi connectivity index (χ4v) is 23.1. The standard InChI is InChI=1S/C25H21NO4S2.C20H22N2O4S2Si.C17H14N2O4S2.C15H13BrN2O4S2.C7H7I/c1-17-6-8-18(9-7-17)10-11-21-12-13-24(31-21)32(29,30)16-20(25(27)28)14-19-15-26-23-5-3-2-4-22(19)23;1-29(2,3)11-10-15-8-9-19(27-15)28(25,26)22-18(20(23)24)12-14-13-21-17-7-5-4-6-16(14)17;1-2-12-7-8-16(24-12)25(22,23)19-15(17(20)21)9-11-10-18-14-6-4-3-5-13(11)14;16-13-5-6-14(23-13)24(21,22)18-12(15(19)20)7-9-8-17-11-4-2-1-3-10(9)11;1-6-2-4-7(8)5-3-6/h2-9,12-13,15,20,26H,14,16H2,1H3,(H,27,28);4-9,13,18,21-22H,12H2,1-3H3,(H,23,24);1,3-8,10,15,18-19H,9H2,(H,20,21);1-6,8,12,17-18H,7H2,(H,19,20);2-5H,1H3/t20-;18-;15-;12-;/m0111./s1/i1D3;;;;1D3.